The van der Waals surface area contributed by atoms with Gasteiger partial charge in [0.1, 0.15) is 24.4 Å². The van der Waals surface area contributed by atoms with Crippen LogP contribution in [0.3, 0.4) is 0 Å². The van der Waals surface area contributed by atoms with Crippen LogP contribution in [0.1, 0.15) is 264 Å². The summed E-state index contributed by atoms with van der Waals surface area (Å²) in [6.07, 6.45) is 57.5. The zero-order valence-electron chi connectivity index (χ0n) is 44.1. The van der Waals surface area contributed by atoms with Crippen LogP contribution in [0.25, 0.3) is 0 Å². The van der Waals surface area contributed by atoms with E-state index in [0.717, 1.165) is 44.9 Å². The van der Waals surface area contributed by atoms with Gasteiger partial charge in [-0.1, -0.05) is 242 Å². The SMILES string of the molecule is CCCCCCC/C=C\C/C=C\CCCCCCCCCCCCCCCCCC(=O)NC(COC1OC(CO)C(O)C(O)C1O)C(O)/C=C/CC/C=C/CCCCCCCCCCCCCC. The maximum atomic E-state index is 13.0. The Morgan fingerprint density at radius 2 is 0.882 bits per heavy atom. The van der Waals surface area contributed by atoms with Gasteiger partial charge in [-0.15, -0.1) is 0 Å². The van der Waals surface area contributed by atoms with Crippen molar-refractivity contribution in [1.82, 2.24) is 5.32 Å². The highest BCUT2D eigenvalue weighted by Gasteiger charge is 2.44. The first-order valence-corrected chi connectivity index (χ1v) is 28.9. The van der Waals surface area contributed by atoms with Gasteiger partial charge in [0.05, 0.1) is 25.4 Å². The smallest absolute Gasteiger partial charge is 0.220 e. The summed E-state index contributed by atoms with van der Waals surface area (Å²) in [6, 6.07) is -0.822. The van der Waals surface area contributed by atoms with E-state index in [-0.39, 0.29) is 12.5 Å². The minimum atomic E-state index is -1.57. The van der Waals surface area contributed by atoms with Crippen molar-refractivity contribution in [3.63, 3.8) is 0 Å². The van der Waals surface area contributed by atoms with Crippen LogP contribution in [-0.2, 0) is 14.3 Å². The molecule has 1 aliphatic heterocycles. The van der Waals surface area contributed by atoms with E-state index < -0.39 is 49.5 Å². The number of allylic oxidation sites excluding steroid dienone is 7. The van der Waals surface area contributed by atoms with E-state index in [9.17, 15) is 30.3 Å². The van der Waals surface area contributed by atoms with E-state index >= 15 is 0 Å². The third-order valence-electron chi connectivity index (χ3n) is 13.6. The predicted molar refractivity (Wildman–Crippen MR) is 286 cm³/mol. The average molecular weight is 961 g/mol. The highest BCUT2D eigenvalue weighted by Crippen LogP contribution is 2.23. The molecule has 0 aromatic heterocycles. The minimum Gasteiger partial charge on any atom is -0.394 e. The number of rotatable bonds is 49. The fourth-order valence-corrected chi connectivity index (χ4v) is 9.03. The van der Waals surface area contributed by atoms with Crippen molar-refractivity contribution < 1.29 is 39.8 Å². The fourth-order valence-electron chi connectivity index (χ4n) is 9.03. The first-order chi connectivity index (χ1) is 33.3. The molecular weight excluding hydrogens is 851 g/mol. The van der Waals surface area contributed by atoms with Crippen LogP contribution in [0.2, 0.25) is 0 Å². The van der Waals surface area contributed by atoms with Gasteiger partial charge in [-0.05, 0) is 64.2 Å². The van der Waals surface area contributed by atoms with Crippen LogP contribution in [0.4, 0.5) is 0 Å². The van der Waals surface area contributed by atoms with Gasteiger partial charge in [-0.2, -0.15) is 0 Å². The lowest BCUT2D eigenvalue weighted by atomic mass is 9.99. The van der Waals surface area contributed by atoms with Crippen molar-refractivity contribution in [2.75, 3.05) is 13.2 Å². The molecule has 6 N–H and O–H groups in total. The van der Waals surface area contributed by atoms with Crippen LogP contribution >= 0.6 is 0 Å². The second kappa shape index (κ2) is 48.8. The van der Waals surface area contributed by atoms with Gasteiger partial charge < -0.3 is 40.3 Å². The molecule has 0 aliphatic carbocycles. The number of hydrogen-bond donors (Lipinski definition) is 6. The molecule has 1 amide bonds. The highest BCUT2D eigenvalue weighted by atomic mass is 16.7. The van der Waals surface area contributed by atoms with Crippen LogP contribution in [0.15, 0.2) is 48.6 Å². The third-order valence-corrected chi connectivity index (χ3v) is 13.6. The predicted octanol–water partition coefficient (Wildman–Crippen LogP) is 14.1. The molecule has 7 unspecified atom stereocenters. The highest BCUT2D eigenvalue weighted by molar-refractivity contribution is 5.76. The summed E-state index contributed by atoms with van der Waals surface area (Å²) in [5.41, 5.74) is 0. The van der Waals surface area contributed by atoms with Crippen LogP contribution < -0.4 is 5.32 Å². The van der Waals surface area contributed by atoms with Gasteiger partial charge in [-0.25, -0.2) is 0 Å². The second-order valence-corrected chi connectivity index (χ2v) is 20.1. The molecule has 1 saturated heterocycles. The van der Waals surface area contributed by atoms with Crippen molar-refractivity contribution in [2.45, 2.75) is 307 Å². The Balaban J connectivity index is 2.22. The van der Waals surface area contributed by atoms with Crippen molar-refractivity contribution in [2.24, 2.45) is 0 Å². The summed E-state index contributed by atoms with van der Waals surface area (Å²) in [5.74, 6) is -0.185. The fraction of sp³-hybridized carbons (Fsp3) is 0.847. The maximum Gasteiger partial charge on any atom is 0.220 e. The summed E-state index contributed by atoms with van der Waals surface area (Å²) >= 11 is 0. The number of carbonyl (C=O) groups is 1. The average Bonchev–Trinajstić information content (AvgIpc) is 3.34. The molecule has 7 atom stereocenters. The lowest BCUT2D eigenvalue weighted by Crippen LogP contribution is -2.60. The molecule has 1 heterocycles. The number of ether oxygens (including phenoxy) is 2. The van der Waals surface area contributed by atoms with Gasteiger partial charge in [0, 0.05) is 6.42 Å². The number of carbonyl (C=O) groups excluding carboxylic acids is 1. The molecule has 0 spiro atoms. The van der Waals surface area contributed by atoms with Crippen molar-refractivity contribution in [3.05, 3.63) is 48.6 Å². The Morgan fingerprint density at radius 3 is 1.32 bits per heavy atom. The Morgan fingerprint density at radius 1 is 0.500 bits per heavy atom. The zero-order chi connectivity index (χ0) is 49.4. The molecule has 0 aromatic carbocycles. The molecule has 1 rings (SSSR count). The molecule has 9 heteroatoms. The molecule has 9 nitrogen and oxygen atoms in total. The number of amides is 1. The van der Waals surface area contributed by atoms with Crippen LogP contribution in [0, 0.1) is 0 Å². The topological polar surface area (TPSA) is 149 Å². The Labute approximate surface area is 418 Å². The van der Waals surface area contributed by atoms with Gasteiger partial charge in [0.15, 0.2) is 6.29 Å². The number of hydrogen-bond acceptors (Lipinski definition) is 8. The van der Waals surface area contributed by atoms with Gasteiger partial charge in [0.25, 0.3) is 0 Å². The largest absolute Gasteiger partial charge is 0.394 e. The maximum absolute atomic E-state index is 13.0. The molecule has 0 radical (unpaired) electrons. The van der Waals surface area contributed by atoms with Crippen molar-refractivity contribution in [1.29, 1.82) is 0 Å². The Kier molecular flexibility index (Phi) is 46.0. The van der Waals surface area contributed by atoms with Crippen molar-refractivity contribution in [3.8, 4) is 0 Å². The molecule has 0 bridgehead atoms. The van der Waals surface area contributed by atoms with E-state index in [2.05, 4.69) is 55.6 Å². The molecule has 1 fully saturated rings. The van der Waals surface area contributed by atoms with Crippen LogP contribution in [-0.4, -0.2) is 87.5 Å². The summed E-state index contributed by atoms with van der Waals surface area (Å²) < 4.78 is 11.3. The van der Waals surface area contributed by atoms with E-state index in [0.29, 0.717) is 6.42 Å². The number of aliphatic hydroxyl groups is 5. The molecule has 1 aliphatic rings. The first kappa shape index (κ1) is 64.2. The summed E-state index contributed by atoms with van der Waals surface area (Å²) in [5, 5.41) is 54.5. The zero-order valence-corrected chi connectivity index (χ0v) is 44.1. The number of nitrogens with one attached hydrogen (secondary N) is 1. The molecule has 68 heavy (non-hydrogen) atoms. The third kappa shape index (κ3) is 37.9. The Bertz CT molecular complexity index is 1210. The van der Waals surface area contributed by atoms with Crippen LogP contribution in [0.5, 0.6) is 0 Å². The normalized spacial score (nSPS) is 19.9. The number of aliphatic hydroxyl groups excluding tert-OH is 5. The minimum absolute atomic E-state index is 0.185. The quantitative estimate of drug-likeness (QED) is 0.0261. The lowest BCUT2D eigenvalue weighted by molar-refractivity contribution is -0.302. The van der Waals surface area contributed by atoms with Gasteiger partial charge in [-0.3, -0.25) is 4.79 Å². The molecule has 398 valence electrons. The molecule has 0 aromatic rings. The Hall–Kier alpha value is -1.85. The van der Waals surface area contributed by atoms with Crippen molar-refractivity contribution >= 4 is 5.91 Å². The lowest BCUT2D eigenvalue weighted by Gasteiger charge is -2.40. The van der Waals surface area contributed by atoms with E-state index in [4.69, 9.17) is 9.47 Å². The molecular formula is C59H109NO8. The molecule has 0 saturated carbocycles. The van der Waals surface area contributed by atoms with E-state index in [1.54, 1.807) is 6.08 Å². The van der Waals surface area contributed by atoms with Gasteiger partial charge in [0.2, 0.25) is 5.91 Å². The van der Waals surface area contributed by atoms with Gasteiger partial charge >= 0.3 is 0 Å². The standard InChI is InChI=1S/C59H109NO8/c1-3-5-7-9-11-13-15-17-19-21-23-24-25-26-27-28-29-30-31-33-35-37-39-41-43-45-47-49-55(63)60-52(51-67-59-58(66)57(65)56(64)54(50-61)68-59)53(62)48-46-44-42-40-38-36-34-32-22-20-18-16-14-12-10-8-6-4-2/h15,17,21,23,38,40,46,48,52-54,56-59,61-62,64-66H,3-14,16,18-20,22,24-37,39,41-45,47,49-51H2,1-2H3,(H,60,63)/b17-15-,23-21-,40-38+,48-46+. The summed E-state index contributed by atoms with van der Waals surface area (Å²) in [7, 11) is 0. The van der Waals surface area contributed by atoms with E-state index in [1.165, 1.54) is 199 Å². The summed E-state index contributed by atoms with van der Waals surface area (Å²) in [6.45, 7) is 3.77. The second-order valence-electron chi connectivity index (χ2n) is 20.1. The summed E-state index contributed by atoms with van der Waals surface area (Å²) in [4.78, 5) is 13.0. The van der Waals surface area contributed by atoms with E-state index in [1.807, 2.05) is 6.08 Å². The monoisotopic (exact) mass is 960 g/mol. The number of unbranched alkanes of at least 4 members (excludes halogenated alkanes) is 33. The first-order valence-electron chi connectivity index (χ1n) is 28.9.